The molecule has 0 aliphatic carbocycles. The van der Waals surface area contributed by atoms with Crippen LogP contribution in [-0.4, -0.2) is 23.5 Å². The van der Waals surface area contributed by atoms with Gasteiger partial charge in [0.25, 0.3) is 0 Å². The van der Waals surface area contributed by atoms with E-state index in [0.717, 1.165) is 29.6 Å². The summed E-state index contributed by atoms with van der Waals surface area (Å²) in [5.74, 6) is 0.0719. The number of nitrogens with one attached hydrogen (secondary N) is 2. The Labute approximate surface area is 136 Å². The van der Waals surface area contributed by atoms with Crippen molar-refractivity contribution in [3.8, 4) is 0 Å². The Hall–Kier alpha value is -1.36. The number of aromatic nitrogens is 1. The van der Waals surface area contributed by atoms with E-state index in [1.807, 2.05) is 30.3 Å². The van der Waals surface area contributed by atoms with Crippen molar-refractivity contribution >= 4 is 47.3 Å². The van der Waals surface area contributed by atoms with Gasteiger partial charge in [0.1, 0.15) is 0 Å². The summed E-state index contributed by atoms with van der Waals surface area (Å²) in [6, 6.07) is 10.0. The number of halogens is 2. The molecule has 114 valence electrons. The predicted molar refractivity (Wildman–Crippen MR) is 90.5 cm³/mol. The van der Waals surface area contributed by atoms with E-state index in [0.29, 0.717) is 12.5 Å². The molecule has 21 heavy (non-hydrogen) atoms. The lowest BCUT2D eigenvalue weighted by atomic mass is 10.1. The van der Waals surface area contributed by atoms with E-state index in [9.17, 15) is 4.79 Å². The maximum atomic E-state index is 11.9. The number of hydrogen-bond donors (Lipinski definition) is 2. The molecule has 1 aliphatic rings. The van der Waals surface area contributed by atoms with Crippen LogP contribution >= 0.6 is 24.8 Å². The second-order valence-corrected chi connectivity index (χ2v) is 4.96. The molecule has 1 aliphatic heterocycles. The standard InChI is InChI=1S/C15H17N3O.2ClH/c19-15(10-12-4-2-7-16-12)18-13-5-6-14-11(9-13)3-1-8-17-14;;/h1,3,5-6,8-9,12,16H,2,4,7,10H2,(H,18,19);2*1H. The first-order chi connectivity index (χ1) is 9.31. The zero-order chi connectivity index (χ0) is 13.1. The Kier molecular flexibility index (Phi) is 6.89. The monoisotopic (exact) mass is 327 g/mol. The first-order valence-corrected chi connectivity index (χ1v) is 6.69. The lowest BCUT2D eigenvalue weighted by Gasteiger charge is -2.10. The predicted octanol–water partition coefficient (Wildman–Crippen LogP) is 3.16. The maximum absolute atomic E-state index is 11.9. The molecule has 0 saturated carbocycles. The number of pyridine rings is 1. The summed E-state index contributed by atoms with van der Waals surface area (Å²) in [6.07, 6.45) is 4.58. The van der Waals surface area contributed by atoms with Crippen LogP contribution in [0.3, 0.4) is 0 Å². The molecule has 2 aromatic rings. The van der Waals surface area contributed by atoms with Crippen LogP contribution in [0.15, 0.2) is 36.5 Å². The average Bonchev–Trinajstić information content (AvgIpc) is 2.91. The Morgan fingerprint density at radius 2 is 2.19 bits per heavy atom. The molecule has 0 spiro atoms. The summed E-state index contributed by atoms with van der Waals surface area (Å²) in [5.41, 5.74) is 1.78. The number of amides is 1. The molecule has 1 unspecified atom stereocenters. The quantitative estimate of drug-likeness (QED) is 0.910. The van der Waals surface area contributed by atoms with Gasteiger partial charge in [-0.2, -0.15) is 0 Å². The van der Waals surface area contributed by atoms with E-state index in [-0.39, 0.29) is 30.7 Å². The molecule has 6 heteroatoms. The highest BCUT2D eigenvalue weighted by molar-refractivity contribution is 5.93. The number of carbonyl (C=O) groups excluding carboxylic acids is 1. The number of rotatable bonds is 3. The van der Waals surface area contributed by atoms with Crippen molar-refractivity contribution in [3.63, 3.8) is 0 Å². The summed E-state index contributed by atoms with van der Waals surface area (Å²) < 4.78 is 0. The Morgan fingerprint density at radius 1 is 1.33 bits per heavy atom. The van der Waals surface area contributed by atoms with E-state index in [1.54, 1.807) is 6.20 Å². The Bertz CT molecular complexity index is 600. The van der Waals surface area contributed by atoms with Crippen LogP contribution < -0.4 is 10.6 Å². The molecule has 0 bridgehead atoms. The van der Waals surface area contributed by atoms with Crippen molar-refractivity contribution in [2.75, 3.05) is 11.9 Å². The van der Waals surface area contributed by atoms with Crippen LogP contribution in [0.25, 0.3) is 10.9 Å². The minimum Gasteiger partial charge on any atom is -0.326 e. The molecule has 2 heterocycles. The molecule has 4 nitrogen and oxygen atoms in total. The Morgan fingerprint density at radius 3 is 2.95 bits per heavy atom. The highest BCUT2D eigenvalue weighted by Gasteiger charge is 2.17. The van der Waals surface area contributed by atoms with Gasteiger partial charge in [-0.05, 0) is 43.7 Å². The molecule has 1 fully saturated rings. The van der Waals surface area contributed by atoms with Crippen molar-refractivity contribution in [2.45, 2.75) is 25.3 Å². The van der Waals surface area contributed by atoms with Crippen molar-refractivity contribution in [2.24, 2.45) is 0 Å². The van der Waals surface area contributed by atoms with Crippen LogP contribution in [0.1, 0.15) is 19.3 Å². The highest BCUT2D eigenvalue weighted by Crippen LogP contribution is 2.17. The van der Waals surface area contributed by atoms with Crippen molar-refractivity contribution < 1.29 is 4.79 Å². The van der Waals surface area contributed by atoms with E-state index in [1.165, 1.54) is 6.42 Å². The van der Waals surface area contributed by atoms with Gasteiger partial charge in [-0.25, -0.2) is 0 Å². The summed E-state index contributed by atoms with van der Waals surface area (Å²) in [6.45, 7) is 1.03. The summed E-state index contributed by atoms with van der Waals surface area (Å²) in [7, 11) is 0. The van der Waals surface area contributed by atoms with E-state index in [2.05, 4.69) is 15.6 Å². The van der Waals surface area contributed by atoms with Gasteiger partial charge in [0.05, 0.1) is 5.52 Å². The molecule has 0 radical (unpaired) electrons. The van der Waals surface area contributed by atoms with Crippen LogP contribution in [0.2, 0.25) is 0 Å². The summed E-state index contributed by atoms with van der Waals surface area (Å²) in [5, 5.41) is 7.33. The molecule has 1 amide bonds. The second-order valence-electron chi connectivity index (χ2n) is 4.96. The number of benzene rings is 1. The van der Waals surface area contributed by atoms with Gasteiger partial charge in [-0.3, -0.25) is 9.78 Å². The Balaban J connectivity index is 0.00000110. The van der Waals surface area contributed by atoms with Crippen molar-refractivity contribution in [1.82, 2.24) is 10.3 Å². The largest absolute Gasteiger partial charge is 0.326 e. The minimum absolute atomic E-state index is 0. The topological polar surface area (TPSA) is 54.0 Å². The van der Waals surface area contributed by atoms with E-state index < -0.39 is 0 Å². The number of carbonyl (C=O) groups is 1. The van der Waals surface area contributed by atoms with Crippen molar-refractivity contribution in [3.05, 3.63) is 36.5 Å². The van der Waals surface area contributed by atoms with Gasteiger partial charge >= 0.3 is 0 Å². The molecule has 1 aromatic carbocycles. The van der Waals surface area contributed by atoms with Crippen LogP contribution in [0, 0.1) is 0 Å². The molecular formula is C15H19Cl2N3O. The molecule has 1 aromatic heterocycles. The van der Waals surface area contributed by atoms with E-state index in [4.69, 9.17) is 0 Å². The number of anilines is 1. The third-order valence-electron chi connectivity index (χ3n) is 3.48. The minimum atomic E-state index is 0. The van der Waals surface area contributed by atoms with Gasteiger partial charge in [0.15, 0.2) is 0 Å². The number of hydrogen-bond acceptors (Lipinski definition) is 3. The fraction of sp³-hybridized carbons (Fsp3) is 0.333. The van der Waals surface area contributed by atoms with Crippen molar-refractivity contribution in [1.29, 1.82) is 0 Å². The SMILES string of the molecule is Cl.Cl.O=C(CC1CCCN1)Nc1ccc2ncccc2c1. The van der Waals surface area contributed by atoms with Gasteiger partial charge in [0, 0.05) is 29.7 Å². The van der Waals surface area contributed by atoms with E-state index >= 15 is 0 Å². The molecule has 3 rings (SSSR count). The fourth-order valence-corrected chi connectivity index (χ4v) is 2.52. The zero-order valence-corrected chi connectivity index (χ0v) is 13.2. The lowest BCUT2D eigenvalue weighted by Crippen LogP contribution is -2.27. The van der Waals surface area contributed by atoms with Gasteiger partial charge in [0.2, 0.25) is 5.91 Å². The first-order valence-electron chi connectivity index (χ1n) is 6.69. The zero-order valence-electron chi connectivity index (χ0n) is 11.5. The fourth-order valence-electron chi connectivity index (χ4n) is 2.52. The molecule has 1 saturated heterocycles. The van der Waals surface area contributed by atoms with Gasteiger partial charge in [-0.15, -0.1) is 24.8 Å². The maximum Gasteiger partial charge on any atom is 0.225 e. The smallest absolute Gasteiger partial charge is 0.225 e. The van der Waals surface area contributed by atoms with Crippen LogP contribution in [0.4, 0.5) is 5.69 Å². The number of nitrogens with zero attached hydrogens (tertiary/aromatic N) is 1. The lowest BCUT2D eigenvalue weighted by molar-refractivity contribution is -0.116. The summed E-state index contributed by atoms with van der Waals surface area (Å²) >= 11 is 0. The van der Waals surface area contributed by atoms with Gasteiger partial charge < -0.3 is 10.6 Å². The second kappa shape index (κ2) is 8.17. The summed E-state index contributed by atoms with van der Waals surface area (Å²) in [4.78, 5) is 16.2. The first kappa shape index (κ1) is 17.7. The van der Waals surface area contributed by atoms with Crippen LogP contribution in [-0.2, 0) is 4.79 Å². The van der Waals surface area contributed by atoms with Crippen LogP contribution in [0.5, 0.6) is 0 Å². The molecule has 2 N–H and O–H groups in total. The third-order valence-corrected chi connectivity index (χ3v) is 3.48. The normalized spacial score (nSPS) is 16.9. The molecular weight excluding hydrogens is 309 g/mol. The average molecular weight is 328 g/mol. The highest BCUT2D eigenvalue weighted by atomic mass is 35.5. The molecule has 1 atom stereocenters. The van der Waals surface area contributed by atoms with Gasteiger partial charge in [-0.1, -0.05) is 6.07 Å². The third kappa shape index (κ3) is 4.56. The number of fused-ring (bicyclic) bond motifs is 1.